The Labute approximate surface area is 161 Å². The van der Waals surface area contributed by atoms with Crippen LogP contribution in [0.2, 0.25) is 0 Å². The molecule has 0 radical (unpaired) electrons. The molecule has 3 aromatic rings. The summed E-state index contributed by atoms with van der Waals surface area (Å²) in [7, 11) is 0. The van der Waals surface area contributed by atoms with E-state index in [0.29, 0.717) is 13.2 Å². The average Bonchev–Trinajstić information content (AvgIpc) is 2.75. The predicted molar refractivity (Wildman–Crippen MR) is 113 cm³/mol. The summed E-state index contributed by atoms with van der Waals surface area (Å²) in [5.41, 5.74) is 5.38. The Balaban J connectivity index is 1.82. The van der Waals surface area contributed by atoms with Gasteiger partial charge in [-0.25, -0.2) is 0 Å². The predicted octanol–water partition coefficient (Wildman–Crippen LogP) is 5.89. The van der Waals surface area contributed by atoms with Crippen LogP contribution in [0.5, 0.6) is 0 Å². The van der Waals surface area contributed by atoms with Gasteiger partial charge in [-0.3, -0.25) is 0 Å². The molecule has 0 heterocycles. The molecule has 3 aromatic carbocycles. The van der Waals surface area contributed by atoms with Crippen molar-refractivity contribution in [2.45, 2.75) is 6.61 Å². The average molecular weight is 350 g/mol. The highest BCUT2D eigenvalue weighted by atomic mass is 16.5. The molecule has 0 N–H and O–H groups in total. The van der Waals surface area contributed by atoms with E-state index < -0.39 is 0 Å². The maximum absolute atomic E-state index is 5.68. The largest absolute Gasteiger partial charge is 0.364 e. The van der Waals surface area contributed by atoms with Gasteiger partial charge in [0.15, 0.2) is 0 Å². The quantitative estimate of drug-likeness (QED) is 0.306. The van der Waals surface area contributed by atoms with Crippen molar-refractivity contribution in [2.75, 3.05) is 6.61 Å². The molecule has 0 spiro atoms. The maximum Gasteiger partial charge on any atom is 0.108 e. The van der Waals surface area contributed by atoms with Gasteiger partial charge in [0.05, 0.1) is 6.61 Å². The lowest BCUT2D eigenvalue weighted by atomic mass is 9.93. The minimum absolute atomic E-state index is 0.378. The van der Waals surface area contributed by atoms with Gasteiger partial charge in [-0.15, -0.1) is 0 Å². The molecule has 0 aliphatic heterocycles. The number of ether oxygens (including phenoxy) is 1. The first-order chi connectivity index (χ1) is 13.4. The van der Waals surface area contributed by atoms with Crippen LogP contribution in [0.25, 0.3) is 5.57 Å². The van der Waals surface area contributed by atoms with Crippen molar-refractivity contribution in [3.8, 4) is 11.8 Å². The van der Waals surface area contributed by atoms with E-state index in [1.54, 1.807) is 0 Å². The van der Waals surface area contributed by atoms with E-state index in [4.69, 9.17) is 4.74 Å². The lowest BCUT2D eigenvalue weighted by Gasteiger charge is -2.10. The highest BCUT2D eigenvalue weighted by molar-refractivity contribution is 5.86. The smallest absolute Gasteiger partial charge is 0.108 e. The summed E-state index contributed by atoms with van der Waals surface area (Å²) in [5, 5.41) is 0. The Hall–Kier alpha value is -3.34. The van der Waals surface area contributed by atoms with Gasteiger partial charge in [0.1, 0.15) is 6.61 Å². The second-order valence-electron chi connectivity index (χ2n) is 6.01. The number of rotatable bonds is 6. The summed E-state index contributed by atoms with van der Waals surface area (Å²) in [6.45, 7) is 4.92. The number of allylic oxidation sites excluding steroid dienone is 2. The molecule has 0 saturated carbocycles. The Kier molecular flexibility index (Phi) is 6.81. The third-order valence-electron chi connectivity index (χ3n) is 4.11. The highest BCUT2D eigenvalue weighted by Gasteiger charge is 2.08. The molecule has 0 aliphatic rings. The maximum atomic E-state index is 5.68. The van der Waals surface area contributed by atoms with Crippen LogP contribution in [-0.2, 0) is 11.3 Å². The minimum atomic E-state index is 0.378. The molecular weight excluding hydrogens is 328 g/mol. The van der Waals surface area contributed by atoms with Crippen LogP contribution in [0, 0.1) is 11.8 Å². The van der Waals surface area contributed by atoms with E-state index in [1.165, 1.54) is 0 Å². The van der Waals surface area contributed by atoms with Gasteiger partial charge in [-0.1, -0.05) is 115 Å². The monoisotopic (exact) mass is 350 g/mol. The Morgan fingerprint density at radius 2 is 1.30 bits per heavy atom. The highest BCUT2D eigenvalue weighted by Crippen LogP contribution is 2.27. The molecule has 0 amide bonds. The third-order valence-corrected chi connectivity index (χ3v) is 4.11. The van der Waals surface area contributed by atoms with Crippen molar-refractivity contribution in [1.82, 2.24) is 0 Å². The molecule has 0 bridgehead atoms. The van der Waals surface area contributed by atoms with Gasteiger partial charge in [0, 0.05) is 11.1 Å². The summed E-state index contributed by atoms with van der Waals surface area (Å²) in [6, 6.07) is 30.7. The SMILES string of the molecule is C=CC(C#CCOCc1ccccc1)=C(c1ccccc1)c1ccccc1. The van der Waals surface area contributed by atoms with E-state index in [0.717, 1.165) is 27.8 Å². The number of hydrogen-bond acceptors (Lipinski definition) is 1. The van der Waals surface area contributed by atoms with Crippen LogP contribution >= 0.6 is 0 Å². The first kappa shape index (κ1) is 18.5. The summed E-state index contributed by atoms with van der Waals surface area (Å²) < 4.78 is 5.68. The van der Waals surface area contributed by atoms with Gasteiger partial charge in [0.2, 0.25) is 0 Å². The van der Waals surface area contributed by atoms with Gasteiger partial charge in [-0.05, 0) is 16.7 Å². The van der Waals surface area contributed by atoms with E-state index >= 15 is 0 Å². The van der Waals surface area contributed by atoms with Crippen LogP contribution in [-0.4, -0.2) is 6.61 Å². The summed E-state index contributed by atoms with van der Waals surface area (Å²) in [5.74, 6) is 6.36. The normalized spacial score (nSPS) is 9.78. The van der Waals surface area contributed by atoms with Gasteiger partial charge in [-0.2, -0.15) is 0 Å². The van der Waals surface area contributed by atoms with Crippen LogP contribution in [0.15, 0.2) is 109 Å². The van der Waals surface area contributed by atoms with Crippen molar-refractivity contribution in [3.63, 3.8) is 0 Å². The van der Waals surface area contributed by atoms with Gasteiger partial charge in [0.25, 0.3) is 0 Å². The second-order valence-corrected chi connectivity index (χ2v) is 6.01. The van der Waals surface area contributed by atoms with E-state index in [1.807, 2.05) is 72.8 Å². The zero-order valence-corrected chi connectivity index (χ0v) is 15.3. The fourth-order valence-corrected chi connectivity index (χ4v) is 2.83. The third kappa shape index (κ3) is 5.31. The van der Waals surface area contributed by atoms with Crippen LogP contribution in [0.1, 0.15) is 16.7 Å². The second kappa shape index (κ2) is 9.97. The zero-order chi connectivity index (χ0) is 18.7. The van der Waals surface area contributed by atoms with Crippen LogP contribution < -0.4 is 0 Å². The van der Waals surface area contributed by atoms with Gasteiger partial charge >= 0.3 is 0 Å². The molecular formula is C26H22O. The standard InChI is InChI=1S/C26H22O/c1-2-23(19-12-20-27-21-22-13-6-3-7-14-22)26(24-15-8-4-9-16-24)25-17-10-5-11-18-25/h2-11,13-18H,1,20-21H2. The number of hydrogen-bond donors (Lipinski definition) is 0. The van der Waals surface area contributed by atoms with Crippen molar-refractivity contribution in [3.05, 3.63) is 126 Å². The first-order valence-electron chi connectivity index (χ1n) is 8.96. The van der Waals surface area contributed by atoms with Crippen molar-refractivity contribution >= 4 is 5.57 Å². The molecule has 3 rings (SSSR count). The van der Waals surface area contributed by atoms with Crippen molar-refractivity contribution in [2.24, 2.45) is 0 Å². The van der Waals surface area contributed by atoms with Crippen molar-refractivity contribution in [1.29, 1.82) is 0 Å². The topological polar surface area (TPSA) is 9.23 Å². The van der Waals surface area contributed by atoms with E-state index in [2.05, 4.69) is 42.7 Å². The number of benzene rings is 3. The van der Waals surface area contributed by atoms with Crippen LogP contribution in [0.4, 0.5) is 0 Å². The van der Waals surface area contributed by atoms with Crippen LogP contribution in [0.3, 0.4) is 0 Å². The molecule has 0 fully saturated rings. The molecule has 1 nitrogen and oxygen atoms in total. The molecule has 0 atom stereocenters. The summed E-state index contributed by atoms with van der Waals surface area (Å²) >= 11 is 0. The lowest BCUT2D eigenvalue weighted by Crippen LogP contribution is -1.94. The van der Waals surface area contributed by atoms with E-state index in [-0.39, 0.29) is 0 Å². The minimum Gasteiger partial charge on any atom is -0.364 e. The zero-order valence-electron chi connectivity index (χ0n) is 15.3. The lowest BCUT2D eigenvalue weighted by molar-refractivity contribution is 0.153. The Bertz CT molecular complexity index is 901. The molecule has 27 heavy (non-hydrogen) atoms. The molecule has 0 aliphatic carbocycles. The van der Waals surface area contributed by atoms with Crippen molar-refractivity contribution < 1.29 is 4.74 Å². The Morgan fingerprint density at radius 1 is 0.778 bits per heavy atom. The fourth-order valence-electron chi connectivity index (χ4n) is 2.83. The van der Waals surface area contributed by atoms with E-state index in [9.17, 15) is 0 Å². The summed E-state index contributed by atoms with van der Waals surface area (Å²) in [6.07, 6.45) is 1.82. The molecule has 0 unspecified atom stereocenters. The first-order valence-corrected chi connectivity index (χ1v) is 8.96. The molecule has 0 aromatic heterocycles. The molecule has 1 heteroatoms. The Morgan fingerprint density at radius 3 is 1.81 bits per heavy atom. The molecule has 0 saturated heterocycles. The molecule has 132 valence electrons. The van der Waals surface area contributed by atoms with Gasteiger partial charge < -0.3 is 4.74 Å². The summed E-state index contributed by atoms with van der Waals surface area (Å²) in [4.78, 5) is 0. The fraction of sp³-hybridized carbons (Fsp3) is 0.0769.